The van der Waals surface area contributed by atoms with Crippen LogP contribution in [-0.2, 0) is 20.8 Å². The molecule has 0 saturated carbocycles. The Labute approximate surface area is 185 Å². The number of rotatable bonds is 8. The molecular weight excluding hydrogens is 414 g/mol. The minimum atomic E-state index is -1.49. The Morgan fingerprint density at radius 1 is 1.12 bits per heavy atom. The number of H-pyrrole nitrogens is 1. The molecule has 4 heterocycles. The molecule has 2 aliphatic heterocycles. The normalized spacial score (nSPS) is 13.8. The summed E-state index contributed by atoms with van der Waals surface area (Å²) in [5.41, 5.74) is 4.93. The summed E-state index contributed by atoms with van der Waals surface area (Å²) in [5.74, 6) is -2.04. The Bertz CT molecular complexity index is 1120. The standard InChI is InChI=1S/C20H18BFN4O4.C2H6/c22-21-25-13(6-8-18(27)19(28)9-10-20(29)24-30)3-4-14(25)12-15-5-7-17(26(15)21)16-2-1-11-23-16;1-2/h1-5,7,11-12H,6,8-10H2,(H2,24,27,28,29,30);1-2H3/p+1. The van der Waals surface area contributed by atoms with E-state index in [-0.39, 0.29) is 25.7 Å². The predicted molar refractivity (Wildman–Crippen MR) is 118 cm³/mol. The highest BCUT2D eigenvalue weighted by Crippen LogP contribution is 2.27. The first-order valence-electron chi connectivity index (χ1n) is 10.5. The second-order valence-electron chi connectivity index (χ2n) is 7.05. The highest BCUT2D eigenvalue weighted by Gasteiger charge is 2.48. The number of hydrogen-bond donors (Lipinski definition) is 3. The van der Waals surface area contributed by atoms with Gasteiger partial charge < -0.3 is 4.98 Å². The second-order valence-corrected chi connectivity index (χ2v) is 7.05. The van der Waals surface area contributed by atoms with Crippen molar-refractivity contribution in [2.75, 3.05) is 0 Å². The Morgan fingerprint density at radius 2 is 1.88 bits per heavy atom. The van der Waals surface area contributed by atoms with Gasteiger partial charge in [0.25, 0.3) is 0 Å². The molecule has 0 aliphatic carbocycles. The zero-order chi connectivity index (χ0) is 23.3. The maximum Gasteiger partial charge on any atom is 0.846 e. The number of carbonyl (C=O) groups is 3. The van der Waals surface area contributed by atoms with Gasteiger partial charge in [-0.2, -0.15) is 0 Å². The lowest BCUT2D eigenvalue weighted by atomic mass is 9.96. The Kier molecular flexibility index (Phi) is 7.37. The summed E-state index contributed by atoms with van der Waals surface area (Å²) >= 11 is 0. The van der Waals surface area contributed by atoms with Crippen LogP contribution in [0, 0.1) is 0 Å². The summed E-state index contributed by atoms with van der Waals surface area (Å²) in [6, 6.07) is 7.23. The van der Waals surface area contributed by atoms with Crippen molar-refractivity contribution >= 4 is 36.5 Å². The lowest BCUT2D eigenvalue weighted by molar-refractivity contribution is -0.333. The number of ketones is 2. The van der Waals surface area contributed by atoms with Crippen molar-refractivity contribution in [1.29, 1.82) is 0 Å². The van der Waals surface area contributed by atoms with Crippen LogP contribution in [0.25, 0.3) is 6.08 Å². The fraction of sp³-hybridized carbons (Fsp3) is 0.273. The first-order valence-corrected chi connectivity index (χ1v) is 10.5. The van der Waals surface area contributed by atoms with Crippen LogP contribution in [-0.4, -0.2) is 49.6 Å². The van der Waals surface area contributed by atoms with E-state index in [0.29, 0.717) is 17.1 Å². The van der Waals surface area contributed by atoms with Crippen LogP contribution >= 0.6 is 0 Å². The number of hydrogen-bond acceptors (Lipinski definition) is 4. The minimum Gasteiger partial charge on any atom is -0.356 e. The molecule has 2 aromatic rings. The molecule has 1 amide bonds. The SMILES string of the molecule is CC.O=C(CCC(=O)C(=O)CCc1ccc2n1B(F)[N+]1=C(c3ccc[nH]3)C=CC1=C2)NO. The number of nitrogens with zero attached hydrogens (tertiary/aromatic N) is 2. The molecule has 166 valence electrons. The van der Waals surface area contributed by atoms with Crippen LogP contribution in [0.4, 0.5) is 4.32 Å². The van der Waals surface area contributed by atoms with Gasteiger partial charge in [-0.25, -0.2) is 14.3 Å². The van der Waals surface area contributed by atoms with E-state index in [1.807, 2.05) is 44.2 Å². The number of carbonyl (C=O) groups excluding carboxylic acids is 3. The smallest absolute Gasteiger partial charge is 0.356 e. The first kappa shape index (κ1) is 23.1. The third-order valence-electron chi connectivity index (χ3n) is 5.20. The molecule has 0 aromatic carbocycles. The van der Waals surface area contributed by atoms with Gasteiger partial charge in [-0.1, -0.05) is 13.8 Å². The van der Waals surface area contributed by atoms with E-state index in [9.17, 15) is 14.4 Å². The number of nitrogens with one attached hydrogen (secondary N) is 2. The number of allylic oxidation sites excluding steroid dienone is 2. The van der Waals surface area contributed by atoms with Gasteiger partial charge in [0.05, 0.1) is 0 Å². The number of aryl methyl sites for hydroxylation is 1. The van der Waals surface area contributed by atoms with Crippen LogP contribution in [0.15, 0.2) is 48.3 Å². The molecule has 0 unspecified atom stereocenters. The number of halogens is 1. The van der Waals surface area contributed by atoms with Gasteiger partial charge >= 0.3 is 7.26 Å². The van der Waals surface area contributed by atoms with Crippen molar-refractivity contribution in [1.82, 2.24) is 14.9 Å². The molecule has 2 aromatic heterocycles. The van der Waals surface area contributed by atoms with Crippen molar-refractivity contribution in [3.8, 4) is 0 Å². The van der Waals surface area contributed by atoms with E-state index in [1.54, 1.807) is 22.8 Å². The van der Waals surface area contributed by atoms with E-state index in [2.05, 4.69) is 4.98 Å². The molecule has 0 spiro atoms. The molecule has 32 heavy (non-hydrogen) atoms. The number of amides is 1. The third kappa shape index (κ3) is 4.55. The van der Waals surface area contributed by atoms with Gasteiger partial charge in [-0.3, -0.25) is 24.1 Å². The number of fused-ring (bicyclic) bond motifs is 2. The van der Waals surface area contributed by atoms with Gasteiger partial charge in [0.1, 0.15) is 5.69 Å². The topological polar surface area (TPSA) is 107 Å². The van der Waals surface area contributed by atoms with Crippen LogP contribution < -0.4 is 5.48 Å². The summed E-state index contributed by atoms with van der Waals surface area (Å²) in [5, 5.41) is 8.45. The van der Waals surface area contributed by atoms with E-state index >= 15 is 4.32 Å². The Balaban J connectivity index is 0.00000141. The molecule has 0 atom stereocenters. The van der Waals surface area contributed by atoms with Crippen LogP contribution in [0.3, 0.4) is 0 Å². The Hall–Kier alpha value is -3.53. The van der Waals surface area contributed by atoms with Crippen molar-refractivity contribution in [3.63, 3.8) is 0 Å². The lowest BCUT2D eigenvalue weighted by Gasteiger charge is -2.15. The number of hydroxylamine groups is 1. The van der Waals surface area contributed by atoms with Gasteiger partial charge in [-0.05, 0) is 30.7 Å². The first-order chi connectivity index (χ1) is 15.5. The minimum absolute atomic E-state index is 0.0855. The average Bonchev–Trinajstić information content (AvgIpc) is 3.56. The lowest BCUT2D eigenvalue weighted by Crippen LogP contribution is -2.40. The molecular formula is C22H25BFN4O4+. The summed E-state index contributed by atoms with van der Waals surface area (Å²) in [7, 11) is -1.49. The number of aromatic amines is 1. The summed E-state index contributed by atoms with van der Waals surface area (Å²) in [6.45, 7) is 4.00. The van der Waals surface area contributed by atoms with Crippen molar-refractivity contribution in [3.05, 3.63) is 65.4 Å². The summed E-state index contributed by atoms with van der Waals surface area (Å²) < 4.78 is 18.6. The molecule has 8 nitrogen and oxygen atoms in total. The van der Waals surface area contributed by atoms with E-state index < -0.39 is 24.7 Å². The molecule has 0 bridgehead atoms. The van der Waals surface area contributed by atoms with E-state index in [0.717, 1.165) is 11.4 Å². The molecule has 0 fully saturated rings. The van der Waals surface area contributed by atoms with Crippen molar-refractivity contribution in [2.45, 2.75) is 39.5 Å². The van der Waals surface area contributed by atoms with Gasteiger partial charge in [0.15, 0.2) is 17.3 Å². The number of Topliss-reactive ketones (excluding diaryl/α,β-unsaturated/α-hetero) is 2. The van der Waals surface area contributed by atoms with E-state index in [4.69, 9.17) is 5.21 Å². The maximum atomic E-state index is 15.6. The van der Waals surface area contributed by atoms with Crippen LogP contribution in [0.5, 0.6) is 0 Å². The predicted octanol–water partition coefficient (Wildman–Crippen LogP) is 2.43. The molecule has 10 heteroatoms. The molecule has 3 N–H and O–H groups in total. The molecule has 4 rings (SSSR count). The number of aromatic nitrogens is 2. The highest BCUT2D eigenvalue weighted by atomic mass is 19.1. The maximum absolute atomic E-state index is 15.6. The van der Waals surface area contributed by atoms with Gasteiger partial charge in [0, 0.05) is 55.1 Å². The average molecular weight is 439 g/mol. The van der Waals surface area contributed by atoms with Crippen molar-refractivity contribution in [2.24, 2.45) is 0 Å². The monoisotopic (exact) mass is 439 g/mol. The van der Waals surface area contributed by atoms with E-state index in [1.165, 1.54) is 9.96 Å². The van der Waals surface area contributed by atoms with Crippen LogP contribution in [0.2, 0.25) is 0 Å². The Morgan fingerprint density at radius 3 is 2.56 bits per heavy atom. The molecule has 2 aliphatic rings. The van der Waals surface area contributed by atoms with Crippen LogP contribution in [0.1, 0.15) is 50.2 Å². The van der Waals surface area contributed by atoms with Gasteiger partial charge in [-0.15, -0.1) is 0 Å². The molecule has 0 radical (unpaired) electrons. The zero-order valence-corrected chi connectivity index (χ0v) is 18.0. The molecule has 0 saturated heterocycles. The zero-order valence-electron chi connectivity index (χ0n) is 18.0. The quantitative estimate of drug-likeness (QED) is 0.254. The second kappa shape index (κ2) is 10.2. The largest absolute Gasteiger partial charge is 0.846 e. The fourth-order valence-electron chi connectivity index (χ4n) is 3.69. The highest BCUT2D eigenvalue weighted by molar-refractivity contribution is 6.43. The summed E-state index contributed by atoms with van der Waals surface area (Å²) in [4.78, 5) is 38.0. The van der Waals surface area contributed by atoms with Gasteiger partial charge in [0.2, 0.25) is 11.6 Å². The summed E-state index contributed by atoms with van der Waals surface area (Å²) in [6.07, 6.45) is 6.91. The third-order valence-corrected chi connectivity index (χ3v) is 5.20. The van der Waals surface area contributed by atoms with Crippen molar-refractivity contribution < 1.29 is 28.4 Å². The fourth-order valence-corrected chi connectivity index (χ4v) is 3.69.